The summed E-state index contributed by atoms with van der Waals surface area (Å²) in [7, 11) is 0. The van der Waals surface area contributed by atoms with Gasteiger partial charge < -0.3 is 10.6 Å². The van der Waals surface area contributed by atoms with Crippen LogP contribution in [-0.2, 0) is 11.3 Å². The highest BCUT2D eigenvalue weighted by Crippen LogP contribution is 2.23. The van der Waals surface area contributed by atoms with Crippen molar-refractivity contribution in [2.75, 3.05) is 6.54 Å². The molecule has 17 heavy (non-hydrogen) atoms. The second kappa shape index (κ2) is 5.85. The zero-order valence-corrected chi connectivity index (χ0v) is 11.6. The van der Waals surface area contributed by atoms with Gasteiger partial charge in [-0.05, 0) is 40.0 Å². The van der Waals surface area contributed by atoms with Gasteiger partial charge in [0.2, 0.25) is 5.91 Å². The molecule has 1 fully saturated rings. The van der Waals surface area contributed by atoms with Crippen LogP contribution in [0.1, 0.15) is 18.4 Å². The van der Waals surface area contributed by atoms with E-state index in [1.54, 1.807) is 0 Å². The molecule has 1 unspecified atom stereocenters. The van der Waals surface area contributed by atoms with Crippen molar-refractivity contribution in [3.8, 4) is 0 Å². The van der Waals surface area contributed by atoms with Crippen molar-refractivity contribution in [2.24, 2.45) is 0 Å². The Labute approximate surface area is 114 Å². The number of halogens is 2. The number of carbonyl (C=O) groups is 1. The summed E-state index contributed by atoms with van der Waals surface area (Å²) in [5.74, 6) is 0.148. The molecular formula is C12H14BrClN2O. The van der Waals surface area contributed by atoms with E-state index in [-0.39, 0.29) is 5.91 Å². The summed E-state index contributed by atoms with van der Waals surface area (Å²) in [4.78, 5) is 11.0. The Hall–Kier alpha value is -0.580. The van der Waals surface area contributed by atoms with Crippen LogP contribution in [-0.4, -0.2) is 18.5 Å². The average Bonchev–Trinajstić information content (AvgIpc) is 2.33. The monoisotopic (exact) mass is 316 g/mol. The lowest BCUT2D eigenvalue weighted by Crippen LogP contribution is -2.45. The maximum absolute atomic E-state index is 11.0. The van der Waals surface area contributed by atoms with Crippen molar-refractivity contribution in [3.05, 3.63) is 33.3 Å². The smallest absolute Gasteiger partial charge is 0.220 e. The highest BCUT2D eigenvalue weighted by atomic mass is 79.9. The van der Waals surface area contributed by atoms with Crippen LogP contribution in [0.5, 0.6) is 0 Å². The SMILES string of the molecule is O=C1CCC(NCc2ccc(Br)c(Cl)c2)CN1. The molecule has 1 aromatic rings. The molecule has 2 rings (SSSR count). The largest absolute Gasteiger partial charge is 0.355 e. The standard InChI is InChI=1S/C12H14BrClN2O/c13-10-3-1-8(5-11(10)14)6-15-9-2-4-12(17)16-7-9/h1,3,5,9,15H,2,4,6-7H2,(H,16,17). The van der Waals surface area contributed by atoms with Crippen LogP contribution in [0.4, 0.5) is 0 Å². The minimum Gasteiger partial charge on any atom is -0.355 e. The molecule has 5 heteroatoms. The molecule has 0 bridgehead atoms. The Bertz CT molecular complexity index is 415. The normalized spacial score (nSPS) is 20.1. The number of amides is 1. The maximum atomic E-state index is 11.0. The number of carbonyl (C=O) groups excluding carboxylic acids is 1. The quantitative estimate of drug-likeness (QED) is 0.899. The molecule has 0 aliphatic carbocycles. The summed E-state index contributed by atoms with van der Waals surface area (Å²) < 4.78 is 0.910. The summed E-state index contributed by atoms with van der Waals surface area (Å²) in [6, 6.07) is 6.28. The van der Waals surface area contributed by atoms with Crippen molar-refractivity contribution in [1.82, 2.24) is 10.6 Å². The minimum absolute atomic E-state index is 0.148. The molecule has 92 valence electrons. The molecule has 2 N–H and O–H groups in total. The van der Waals surface area contributed by atoms with Crippen molar-refractivity contribution < 1.29 is 4.79 Å². The first-order valence-corrected chi connectivity index (χ1v) is 6.76. The van der Waals surface area contributed by atoms with Crippen LogP contribution < -0.4 is 10.6 Å². The summed E-state index contributed by atoms with van der Waals surface area (Å²) in [6.45, 7) is 1.48. The topological polar surface area (TPSA) is 41.1 Å². The van der Waals surface area contributed by atoms with Crippen molar-refractivity contribution in [3.63, 3.8) is 0 Å². The van der Waals surface area contributed by atoms with Gasteiger partial charge in [0.15, 0.2) is 0 Å². The van der Waals surface area contributed by atoms with Crippen LogP contribution in [0.3, 0.4) is 0 Å². The molecule has 1 aliphatic rings. The number of piperidine rings is 1. The summed E-state index contributed by atoms with van der Waals surface area (Å²) in [5, 5.41) is 6.99. The molecule has 0 saturated carbocycles. The Balaban J connectivity index is 1.85. The number of benzene rings is 1. The van der Waals surface area contributed by atoms with Crippen LogP contribution in [0.15, 0.2) is 22.7 Å². The number of rotatable bonds is 3. The van der Waals surface area contributed by atoms with E-state index in [4.69, 9.17) is 11.6 Å². The Morgan fingerprint density at radius 3 is 3.00 bits per heavy atom. The van der Waals surface area contributed by atoms with Gasteiger partial charge in [-0.2, -0.15) is 0 Å². The van der Waals surface area contributed by atoms with E-state index < -0.39 is 0 Å². The molecular weight excluding hydrogens is 304 g/mol. The molecule has 0 aromatic heterocycles. The Morgan fingerprint density at radius 2 is 2.35 bits per heavy atom. The third-order valence-corrected chi connectivity index (χ3v) is 4.08. The average molecular weight is 318 g/mol. The lowest BCUT2D eigenvalue weighted by Gasteiger charge is -2.23. The number of nitrogens with one attached hydrogen (secondary N) is 2. The Kier molecular flexibility index (Phi) is 4.42. The van der Waals surface area contributed by atoms with Gasteiger partial charge in [0.25, 0.3) is 0 Å². The predicted octanol–water partition coefficient (Wildman–Crippen LogP) is 2.47. The Morgan fingerprint density at radius 1 is 1.53 bits per heavy atom. The molecule has 1 atom stereocenters. The summed E-state index contributed by atoms with van der Waals surface area (Å²) in [6.07, 6.45) is 1.51. The molecule has 1 aliphatic heterocycles. The third-order valence-electron chi connectivity index (χ3n) is 2.84. The van der Waals surface area contributed by atoms with Gasteiger partial charge in [-0.15, -0.1) is 0 Å². The number of hydrogen-bond donors (Lipinski definition) is 2. The second-order valence-electron chi connectivity index (χ2n) is 4.17. The molecule has 0 spiro atoms. The van der Waals surface area contributed by atoms with E-state index in [0.29, 0.717) is 19.0 Å². The van der Waals surface area contributed by atoms with E-state index in [0.717, 1.165) is 28.0 Å². The van der Waals surface area contributed by atoms with Gasteiger partial charge in [-0.1, -0.05) is 17.7 Å². The van der Waals surface area contributed by atoms with E-state index >= 15 is 0 Å². The van der Waals surface area contributed by atoms with Crippen LogP contribution in [0.2, 0.25) is 5.02 Å². The fourth-order valence-corrected chi connectivity index (χ4v) is 2.27. The minimum atomic E-state index is 0.148. The van der Waals surface area contributed by atoms with Gasteiger partial charge >= 0.3 is 0 Å². The summed E-state index contributed by atoms with van der Waals surface area (Å²) in [5.41, 5.74) is 1.15. The molecule has 1 saturated heterocycles. The van der Waals surface area contributed by atoms with E-state index in [1.165, 1.54) is 0 Å². The van der Waals surface area contributed by atoms with Gasteiger partial charge in [0.05, 0.1) is 5.02 Å². The maximum Gasteiger partial charge on any atom is 0.220 e. The van der Waals surface area contributed by atoms with Gasteiger partial charge in [-0.3, -0.25) is 4.79 Å². The molecule has 1 aromatic carbocycles. The third kappa shape index (κ3) is 3.69. The predicted molar refractivity (Wildman–Crippen MR) is 72.0 cm³/mol. The van der Waals surface area contributed by atoms with Gasteiger partial charge in [0.1, 0.15) is 0 Å². The van der Waals surface area contributed by atoms with E-state index in [2.05, 4.69) is 26.6 Å². The lowest BCUT2D eigenvalue weighted by molar-refractivity contribution is -0.122. The van der Waals surface area contributed by atoms with Crippen molar-refractivity contribution in [1.29, 1.82) is 0 Å². The first-order valence-electron chi connectivity index (χ1n) is 5.59. The highest BCUT2D eigenvalue weighted by Gasteiger charge is 2.16. The van der Waals surface area contributed by atoms with Crippen LogP contribution >= 0.6 is 27.5 Å². The van der Waals surface area contributed by atoms with Crippen molar-refractivity contribution >= 4 is 33.4 Å². The van der Waals surface area contributed by atoms with Gasteiger partial charge in [0, 0.05) is 30.0 Å². The van der Waals surface area contributed by atoms with E-state index in [9.17, 15) is 4.79 Å². The fourth-order valence-electron chi connectivity index (χ4n) is 1.82. The first kappa shape index (κ1) is 12.9. The molecule has 1 heterocycles. The molecule has 1 amide bonds. The number of hydrogen-bond acceptors (Lipinski definition) is 2. The van der Waals surface area contributed by atoms with Crippen LogP contribution in [0, 0.1) is 0 Å². The zero-order chi connectivity index (χ0) is 12.3. The van der Waals surface area contributed by atoms with E-state index in [1.807, 2.05) is 18.2 Å². The highest BCUT2D eigenvalue weighted by molar-refractivity contribution is 9.10. The fraction of sp³-hybridized carbons (Fsp3) is 0.417. The molecule has 3 nitrogen and oxygen atoms in total. The van der Waals surface area contributed by atoms with Crippen molar-refractivity contribution in [2.45, 2.75) is 25.4 Å². The molecule has 0 radical (unpaired) electrons. The first-order chi connectivity index (χ1) is 8.15. The second-order valence-corrected chi connectivity index (χ2v) is 5.43. The van der Waals surface area contributed by atoms with Gasteiger partial charge in [-0.25, -0.2) is 0 Å². The van der Waals surface area contributed by atoms with Crippen LogP contribution in [0.25, 0.3) is 0 Å². The lowest BCUT2D eigenvalue weighted by atomic mass is 10.1. The summed E-state index contributed by atoms with van der Waals surface area (Å²) >= 11 is 9.39. The zero-order valence-electron chi connectivity index (χ0n) is 9.30.